The van der Waals surface area contributed by atoms with Crippen molar-refractivity contribution < 1.29 is 9.59 Å². The maximum Gasteiger partial charge on any atom is 0.261 e. The minimum Gasteiger partial charge on any atom is -0.357 e. The van der Waals surface area contributed by atoms with Gasteiger partial charge in [0.15, 0.2) is 5.96 Å². The number of benzene rings is 2. The summed E-state index contributed by atoms with van der Waals surface area (Å²) in [6.07, 6.45) is 0. The zero-order valence-electron chi connectivity index (χ0n) is 15.4. The van der Waals surface area contributed by atoms with Crippen molar-refractivity contribution in [3.8, 4) is 0 Å². The molecule has 0 saturated heterocycles. The van der Waals surface area contributed by atoms with Crippen molar-refractivity contribution in [3.63, 3.8) is 0 Å². The van der Waals surface area contributed by atoms with Gasteiger partial charge in [-0.05, 0) is 30.7 Å². The molecule has 2 N–H and O–H groups in total. The molecule has 28 heavy (non-hydrogen) atoms. The van der Waals surface area contributed by atoms with Gasteiger partial charge in [-0.15, -0.1) is 24.0 Å². The standard InChI is InChI=1S/C20H21ClN4O2.HI/c1-2-22-20(24-13-14-7-3-6-10-17(14)21)23-11-12-25-18(26)15-8-4-5-9-16(15)19(25)27;/h3-10H,2,11-13H2,1H3,(H2,22,23,24);1H. The highest BCUT2D eigenvalue weighted by atomic mass is 127. The first-order chi connectivity index (χ1) is 13.1. The maximum absolute atomic E-state index is 12.4. The molecule has 2 aromatic carbocycles. The quantitative estimate of drug-likeness (QED) is 0.270. The molecule has 0 unspecified atom stereocenters. The topological polar surface area (TPSA) is 73.8 Å². The van der Waals surface area contributed by atoms with Crippen LogP contribution < -0.4 is 10.6 Å². The van der Waals surface area contributed by atoms with E-state index in [-0.39, 0.29) is 42.3 Å². The Morgan fingerprint density at radius 3 is 2.21 bits per heavy atom. The first-order valence-corrected chi connectivity index (χ1v) is 9.20. The van der Waals surface area contributed by atoms with Crippen molar-refractivity contribution >= 4 is 53.4 Å². The lowest BCUT2D eigenvalue weighted by Gasteiger charge is -2.16. The molecular formula is C20H22ClIN4O2. The predicted octanol–water partition coefficient (Wildman–Crippen LogP) is 3.31. The third kappa shape index (κ3) is 5.02. The van der Waals surface area contributed by atoms with Gasteiger partial charge in [0.1, 0.15) is 0 Å². The van der Waals surface area contributed by atoms with Gasteiger partial charge >= 0.3 is 0 Å². The molecule has 0 spiro atoms. The molecule has 0 atom stereocenters. The van der Waals surface area contributed by atoms with E-state index in [4.69, 9.17) is 11.6 Å². The molecule has 0 saturated carbocycles. The van der Waals surface area contributed by atoms with Crippen LogP contribution in [0.3, 0.4) is 0 Å². The van der Waals surface area contributed by atoms with Crippen LogP contribution in [-0.4, -0.2) is 42.3 Å². The first kappa shape index (κ1) is 22.2. The second-order valence-electron chi connectivity index (χ2n) is 6.02. The first-order valence-electron chi connectivity index (χ1n) is 8.82. The number of hydrogen-bond donors (Lipinski definition) is 2. The Morgan fingerprint density at radius 1 is 1.00 bits per heavy atom. The van der Waals surface area contributed by atoms with E-state index >= 15 is 0 Å². The molecule has 148 valence electrons. The van der Waals surface area contributed by atoms with Crippen LogP contribution in [0.4, 0.5) is 0 Å². The van der Waals surface area contributed by atoms with Crippen LogP contribution in [-0.2, 0) is 6.54 Å². The fraction of sp³-hybridized carbons (Fsp3) is 0.250. The van der Waals surface area contributed by atoms with Gasteiger partial charge in [-0.25, -0.2) is 4.99 Å². The van der Waals surface area contributed by atoms with Crippen LogP contribution in [0.2, 0.25) is 5.02 Å². The molecule has 2 aromatic rings. The maximum atomic E-state index is 12.4. The summed E-state index contributed by atoms with van der Waals surface area (Å²) >= 11 is 6.16. The molecular weight excluding hydrogens is 491 g/mol. The number of amides is 2. The van der Waals surface area contributed by atoms with Crippen molar-refractivity contribution in [2.45, 2.75) is 13.5 Å². The van der Waals surface area contributed by atoms with Gasteiger partial charge < -0.3 is 10.6 Å². The molecule has 0 bridgehead atoms. The van der Waals surface area contributed by atoms with Crippen molar-refractivity contribution in [2.24, 2.45) is 4.99 Å². The number of carbonyl (C=O) groups excluding carboxylic acids is 2. The number of hydrogen-bond acceptors (Lipinski definition) is 3. The Morgan fingerprint density at radius 2 is 1.61 bits per heavy atom. The van der Waals surface area contributed by atoms with Crippen LogP contribution in [0.5, 0.6) is 0 Å². The molecule has 0 fully saturated rings. The van der Waals surface area contributed by atoms with Gasteiger partial charge in [-0.3, -0.25) is 14.5 Å². The third-order valence-electron chi connectivity index (χ3n) is 4.22. The zero-order valence-corrected chi connectivity index (χ0v) is 18.5. The van der Waals surface area contributed by atoms with Crippen molar-refractivity contribution in [1.29, 1.82) is 0 Å². The Kier molecular flexibility index (Phi) is 8.25. The summed E-state index contributed by atoms with van der Waals surface area (Å²) in [7, 11) is 0. The summed E-state index contributed by atoms with van der Waals surface area (Å²) in [4.78, 5) is 30.5. The highest BCUT2D eigenvalue weighted by Crippen LogP contribution is 2.21. The van der Waals surface area contributed by atoms with Gasteiger partial charge in [0.05, 0.1) is 17.7 Å². The number of halogens is 2. The monoisotopic (exact) mass is 512 g/mol. The van der Waals surface area contributed by atoms with E-state index < -0.39 is 0 Å². The van der Waals surface area contributed by atoms with Gasteiger partial charge in [0, 0.05) is 24.7 Å². The van der Waals surface area contributed by atoms with Crippen molar-refractivity contribution in [1.82, 2.24) is 15.5 Å². The summed E-state index contributed by atoms with van der Waals surface area (Å²) in [6, 6.07) is 14.4. The average Bonchev–Trinajstić information content (AvgIpc) is 2.92. The minimum absolute atomic E-state index is 0. The fourth-order valence-electron chi connectivity index (χ4n) is 2.86. The van der Waals surface area contributed by atoms with Crippen molar-refractivity contribution in [2.75, 3.05) is 19.6 Å². The van der Waals surface area contributed by atoms with E-state index in [2.05, 4.69) is 15.6 Å². The lowest BCUT2D eigenvalue weighted by Crippen LogP contribution is -2.43. The predicted molar refractivity (Wildman–Crippen MR) is 121 cm³/mol. The van der Waals surface area contributed by atoms with E-state index in [1.165, 1.54) is 4.90 Å². The highest BCUT2D eigenvalue weighted by Gasteiger charge is 2.34. The largest absolute Gasteiger partial charge is 0.357 e. The van der Waals surface area contributed by atoms with E-state index in [0.29, 0.717) is 41.7 Å². The minimum atomic E-state index is -0.254. The molecule has 0 aliphatic carbocycles. The lowest BCUT2D eigenvalue weighted by atomic mass is 10.1. The van der Waals surface area contributed by atoms with Crippen LogP contribution >= 0.6 is 35.6 Å². The zero-order chi connectivity index (χ0) is 19.2. The molecule has 8 heteroatoms. The number of aliphatic imine (C=N–C) groups is 1. The number of rotatable bonds is 6. The van der Waals surface area contributed by atoms with Crippen molar-refractivity contribution in [3.05, 3.63) is 70.2 Å². The molecule has 2 amide bonds. The molecule has 1 aliphatic rings. The normalized spacial score (nSPS) is 13.2. The molecule has 0 aromatic heterocycles. The van der Waals surface area contributed by atoms with E-state index in [1.54, 1.807) is 24.3 Å². The van der Waals surface area contributed by atoms with Gasteiger partial charge in [0.25, 0.3) is 11.8 Å². The molecule has 1 heterocycles. The van der Waals surface area contributed by atoms with Crippen LogP contribution in [0.25, 0.3) is 0 Å². The average molecular weight is 513 g/mol. The van der Waals surface area contributed by atoms with Crippen LogP contribution in [0.1, 0.15) is 33.2 Å². The molecule has 3 rings (SSSR count). The summed E-state index contributed by atoms with van der Waals surface area (Å²) < 4.78 is 0. The van der Waals surface area contributed by atoms with E-state index in [0.717, 1.165) is 5.56 Å². The number of nitrogens with one attached hydrogen (secondary N) is 2. The number of guanidine groups is 1. The Balaban J connectivity index is 0.00000280. The SMILES string of the molecule is CCNC(=NCc1ccccc1Cl)NCCN1C(=O)c2ccccc2C1=O.I. The van der Waals surface area contributed by atoms with Gasteiger partial charge in [-0.2, -0.15) is 0 Å². The molecule has 6 nitrogen and oxygen atoms in total. The smallest absolute Gasteiger partial charge is 0.261 e. The fourth-order valence-corrected chi connectivity index (χ4v) is 3.06. The highest BCUT2D eigenvalue weighted by molar-refractivity contribution is 14.0. The number of imide groups is 1. The Hall–Kier alpha value is -2.13. The summed E-state index contributed by atoms with van der Waals surface area (Å²) in [5, 5.41) is 6.97. The third-order valence-corrected chi connectivity index (χ3v) is 4.58. The van der Waals surface area contributed by atoms with E-state index in [9.17, 15) is 9.59 Å². The number of fused-ring (bicyclic) bond motifs is 1. The number of carbonyl (C=O) groups is 2. The van der Waals surface area contributed by atoms with Gasteiger partial charge in [0.2, 0.25) is 0 Å². The Labute approximate surface area is 186 Å². The lowest BCUT2D eigenvalue weighted by molar-refractivity contribution is 0.0657. The summed E-state index contributed by atoms with van der Waals surface area (Å²) in [6.45, 7) is 3.77. The molecule has 0 radical (unpaired) electrons. The second kappa shape index (κ2) is 10.4. The van der Waals surface area contributed by atoms with E-state index in [1.807, 2.05) is 31.2 Å². The second-order valence-corrected chi connectivity index (χ2v) is 6.43. The van der Waals surface area contributed by atoms with Gasteiger partial charge in [-0.1, -0.05) is 41.9 Å². The van der Waals surface area contributed by atoms with Crippen LogP contribution in [0, 0.1) is 0 Å². The molecule has 1 aliphatic heterocycles. The summed E-state index contributed by atoms with van der Waals surface area (Å²) in [5.74, 6) is 0.0971. The summed E-state index contributed by atoms with van der Waals surface area (Å²) in [5.41, 5.74) is 1.85. The number of nitrogens with zero attached hydrogens (tertiary/aromatic N) is 2. The van der Waals surface area contributed by atoms with Crippen LogP contribution in [0.15, 0.2) is 53.5 Å². The Bertz CT molecular complexity index is 853.